The van der Waals surface area contributed by atoms with Crippen molar-refractivity contribution in [1.82, 2.24) is 5.32 Å². The molecule has 1 N–H and O–H groups in total. The molecule has 0 aromatic rings. The first-order chi connectivity index (χ1) is 4.27. The second-order valence-electron chi connectivity index (χ2n) is 2.32. The van der Waals surface area contributed by atoms with E-state index in [0.29, 0.717) is 0 Å². The standard InChI is InChI=1S/C7H15NS/c1-7(2)6-9-5-4-8-3/h4-5,7-8H,6H2,1-3H3/b5-4-. The molecule has 0 atom stereocenters. The molecule has 0 bridgehead atoms. The summed E-state index contributed by atoms with van der Waals surface area (Å²) in [5.41, 5.74) is 0. The zero-order chi connectivity index (χ0) is 7.11. The van der Waals surface area contributed by atoms with Crippen molar-refractivity contribution in [3.8, 4) is 0 Å². The van der Waals surface area contributed by atoms with Crippen LogP contribution in [0.4, 0.5) is 0 Å². The van der Waals surface area contributed by atoms with Crippen LogP contribution in [0.2, 0.25) is 0 Å². The topological polar surface area (TPSA) is 12.0 Å². The van der Waals surface area contributed by atoms with Crippen LogP contribution in [-0.2, 0) is 0 Å². The fraction of sp³-hybridized carbons (Fsp3) is 0.714. The Bertz CT molecular complexity index is 79.0. The third kappa shape index (κ3) is 7.89. The van der Waals surface area contributed by atoms with Crippen LogP contribution in [0.1, 0.15) is 13.8 Å². The number of hydrogen-bond donors (Lipinski definition) is 1. The Hall–Kier alpha value is -0.110. The minimum absolute atomic E-state index is 0.788. The Morgan fingerprint density at radius 2 is 2.22 bits per heavy atom. The van der Waals surface area contributed by atoms with Crippen LogP contribution in [0.5, 0.6) is 0 Å². The molecule has 2 heteroatoms. The predicted octanol–water partition coefficient (Wildman–Crippen LogP) is 2.07. The first-order valence-corrected chi connectivity index (χ1v) is 4.26. The molecule has 0 aliphatic rings. The minimum Gasteiger partial charge on any atom is -0.394 e. The van der Waals surface area contributed by atoms with E-state index in [9.17, 15) is 0 Å². The van der Waals surface area contributed by atoms with Crippen molar-refractivity contribution in [2.75, 3.05) is 12.8 Å². The van der Waals surface area contributed by atoms with E-state index in [4.69, 9.17) is 0 Å². The summed E-state index contributed by atoms with van der Waals surface area (Å²) < 4.78 is 0. The van der Waals surface area contributed by atoms with Gasteiger partial charge in [-0.1, -0.05) is 13.8 Å². The third-order valence-corrected chi connectivity index (χ3v) is 1.95. The van der Waals surface area contributed by atoms with Crippen LogP contribution in [0, 0.1) is 5.92 Å². The Morgan fingerprint density at radius 1 is 1.56 bits per heavy atom. The zero-order valence-electron chi connectivity index (χ0n) is 6.35. The Kier molecular flexibility index (Phi) is 5.94. The number of thioether (sulfide) groups is 1. The predicted molar refractivity (Wildman–Crippen MR) is 45.5 cm³/mol. The molecule has 0 fully saturated rings. The summed E-state index contributed by atoms with van der Waals surface area (Å²) in [6.45, 7) is 4.44. The zero-order valence-corrected chi connectivity index (χ0v) is 7.16. The maximum Gasteiger partial charge on any atom is 0.00278 e. The van der Waals surface area contributed by atoms with E-state index in [1.54, 1.807) is 0 Å². The SMILES string of the molecule is CN/C=C\SCC(C)C. The normalized spacial score (nSPS) is 11.1. The fourth-order valence-corrected chi connectivity index (χ4v) is 1.09. The smallest absolute Gasteiger partial charge is 0.00278 e. The quantitative estimate of drug-likeness (QED) is 0.650. The van der Waals surface area contributed by atoms with Crippen molar-refractivity contribution in [3.05, 3.63) is 11.6 Å². The van der Waals surface area contributed by atoms with Gasteiger partial charge in [-0.25, -0.2) is 0 Å². The summed E-state index contributed by atoms with van der Waals surface area (Å²) in [4.78, 5) is 0. The van der Waals surface area contributed by atoms with Gasteiger partial charge in [-0.15, -0.1) is 11.8 Å². The molecular weight excluding hydrogens is 130 g/mol. The van der Waals surface area contributed by atoms with E-state index in [-0.39, 0.29) is 0 Å². The second-order valence-corrected chi connectivity index (χ2v) is 3.26. The van der Waals surface area contributed by atoms with Crippen LogP contribution in [0.25, 0.3) is 0 Å². The first kappa shape index (κ1) is 8.89. The highest BCUT2D eigenvalue weighted by molar-refractivity contribution is 8.02. The summed E-state index contributed by atoms with van der Waals surface area (Å²) in [6.07, 6.45) is 1.95. The maximum atomic E-state index is 2.94. The molecule has 0 unspecified atom stereocenters. The van der Waals surface area contributed by atoms with Gasteiger partial charge < -0.3 is 5.32 Å². The van der Waals surface area contributed by atoms with E-state index in [2.05, 4.69) is 24.6 Å². The summed E-state index contributed by atoms with van der Waals surface area (Å²) in [5.74, 6) is 1.99. The van der Waals surface area contributed by atoms with E-state index < -0.39 is 0 Å². The average molecular weight is 145 g/mol. The lowest BCUT2D eigenvalue weighted by Gasteiger charge is -1.97. The van der Waals surface area contributed by atoms with Crippen molar-refractivity contribution in [2.45, 2.75) is 13.8 Å². The largest absolute Gasteiger partial charge is 0.394 e. The molecule has 9 heavy (non-hydrogen) atoms. The fourth-order valence-electron chi connectivity index (χ4n) is 0.364. The summed E-state index contributed by atoms with van der Waals surface area (Å²) in [6, 6.07) is 0. The highest BCUT2D eigenvalue weighted by Crippen LogP contribution is 2.07. The summed E-state index contributed by atoms with van der Waals surface area (Å²) in [7, 11) is 1.91. The second kappa shape index (κ2) is 6.02. The summed E-state index contributed by atoms with van der Waals surface area (Å²) >= 11 is 1.84. The van der Waals surface area contributed by atoms with Crippen molar-refractivity contribution in [1.29, 1.82) is 0 Å². The third-order valence-electron chi connectivity index (χ3n) is 0.760. The lowest BCUT2D eigenvalue weighted by molar-refractivity contribution is 0.751. The van der Waals surface area contributed by atoms with Gasteiger partial charge in [0.1, 0.15) is 0 Å². The van der Waals surface area contributed by atoms with Gasteiger partial charge in [-0.05, 0) is 17.1 Å². The molecule has 0 rings (SSSR count). The van der Waals surface area contributed by atoms with Crippen LogP contribution >= 0.6 is 11.8 Å². The van der Waals surface area contributed by atoms with Gasteiger partial charge in [0.15, 0.2) is 0 Å². The van der Waals surface area contributed by atoms with E-state index in [0.717, 1.165) is 5.92 Å². The van der Waals surface area contributed by atoms with Crippen LogP contribution in [-0.4, -0.2) is 12.8 Å². The Balaban J connectivity index is 2.99. The number of nitrogens with one attached hydrogen (secondary N) is 1. The highest BCUT2D eigenvalue weighted by atomic mass is 32.2. The average Bonchev–Trinajstić information content (AvgIpc) is 1.80. The molecule has 0 saturated heterocycles. The molecule has 0 radical (unpaired) electrons. The molecular formula is C7H15NS. The van der Waals surface area contributed by atoms with Gasteiger partial charge in [0, 0.05) is 13.2 Å². The van der Waals surface area contributed by atoms with Gasteiger partial charge in [0.2, 0.25) is 0 Å². The molecule has 0 spiro atoms. The summed E-state index contributed by atoms with van der Waals surface area (Å²) in [5, 5.41) is 5.02. The molecule has 0 amide bonds. The van der Waals surface area contributed by atoms with Crippen molar-refractivity contribution in [2.24, 2.45) is 5.92 Å². The molecule has 0 heterocycles. The van der Waals surface area contributed by atoms with E-state index in [1.807, 2.05) is 25.0 Å². The molecule has 0 aromatic carbocycles. The lowest BCUT2D eigenvalue weighted by Crippen LogP contribution is -1.91. The molecule has 0 saturated carbocycles. The Morgan fingerprint density at radius 3 is 2.67 bits per heavy atom. The van der Waals surface area contributed by atoms with E-state index in [1.165, 1.54) is 5.75 Å². The Labute approximate surface area is 61.9 Å². The van der Waals surface area contributed by atoms with Gasteiger partial charge in [-0.2, -0.15) is 0 Å². The molecule has 0 aliphatic carbocycles. The van der Waals surface area contributed by atoms with Crippen molar-refractivity contribution in [3.63, 3.8) is 0 Å². The van der Waals surface area contributed by atoms with Crippen LogP contribution in [0.15, 0.2) is 11.6 Å². The van der Waals surface area contributed by atoms with E-state index >= 15 is 0 Å². The first-order valence-electron chi connectivity index (χ1n) is 3.21. The minimum atomic E-state index is 0.788. The van der Waals surface area contributed by atoms with Crippen molar-refractivity contribution >= 4 is 11.8 Å². The molecule has 1 nitrogen and oxygen atoms in total. The number of rotatable bonds is 4. The van der Waals surface area contributed by atoms with Crippen molar-refractivity contribution < 1.29 is 0 Å². The molecule has 0 aliphatic heterocycles. The van der Waals surface area contributed by atoms with Crippen LogP contribution < -0.4 is 5.32 Å². The lowest BCUT2D eigenvalue weighted by atomic mass is 10.3. The molecule has 0 aromatic heterocycles. The maximum absolute atomic E-state index is 2.94. The number of hydrogen-bond acceptors (Lipinski definition) is 2. The highest BCUT2D eigenvalue weighted by Gasteiger charge is 1.88. The van der Waals surface area contributed by atoms with Crippen LogP contribution in [0.3, 0.4) is 0 Å². The van der Waals surface area contributed by atoms with Gasteiger partial charge >= 0.3 is 0 Å². The monoisotopic (exact) mass is 145 g/mol. The van der Waals surface area contributed by atoms with Gasteiger partial charge in [0.05, 0.1) is 0 Å². The molecule has 54 valence electrons. The van der Waals surface area contributed by atoms with Gasteiger partial charge in [-0.3, -0.25) is 0 Å². The van der Waals surface area contributed by atoms with Gasteiger partial charge in [0.25, 0.3) is 0 Å².